The van der Waals surface area contributed by atoms with Crippen LogP contribution in [-0.4, -0.2) is 28.6 Å². The number of carbonyl (C=O) groups is 2. The number of esters is 1. The van der Waals surface area contributed by atoms with Crippen molar-refractivity contribution in [2.45, 2.75) is 50.9 Å². The topological polar surface area (TPSA) is 99.4 Å². The lowest BCUT2D eigenvalue weighted by Crippen LogP contribution is -2.50. The quantitative estimate of drug-likeness (QED) is 0.395. The summed E-state index contributed by atoms with van der Waals surface area (Å²) in [6, 6.07) is 24.9. The molecule has 0 fully saturated rings. The van der Waals surface area contributed by atoms with Crippen LogP contribution in [0.4, 0.5) is 0 Å². The third-order valence-corrected chi connectivity index (χ3v) is 6.27. The molecule has 0 aliphatic heterocycles. The number of nitrogens with zero attached hydrogens (tertiary/aromatic N) is 1. The van der Waals surface area contributed by atoms with Gasteiger partial charge in [0, 0.05) is 17.0 Å². The van der Waals surface area contributed by atoms with Gasteiger partial charge in [0.05, 0.1) is 11.6 Å². The zero-order valence-electron chi connectivity index (χ0n) is 20.4. The van der Waals surface area contributed by atoms with Crippen LogP contribution in [0, 0.1) is 11.3 Å². The van der Waals surface area contributed by atoms with Gasteiger partial charge in [-0.25, -0.2) is 4.79 Å². The predicted molar refractivity (Wildman–Crippen MR) is 138 cm³/mol. The molecular weight excluding hydrogens is 476 g/mol. The highest BCUT2D eigenvalue weighted by Crippen LogP contribution is 2.27. The van der Waals surface area contributed by atoms with Crippen LogP contribution in [0.5, 0.6) is 0 Å². The summed E-state index contributed by atoms with van der Waals surface area (Å²) in [4.78, 5) is 25.7. The molecule has 0 unspecified atom stereocenters. The number of amides is 1. The van der Waals surface area contributed by atoms with Crippen LogP contribution in [-0.2, 0) is 20.7 Å². The molecule has 36 heavy (non-hydrogen) atoms. The Morgan fingerprint density at radius 1 is 1.03 bits per heavy atom. The molecule has 1 amide bonds. The molecule has 3 aromatic carbocycles. The number of aliphatic hydroxyl groups is 1. The van der Waals surface area contributed by atoms with Crippen molar-refractivity contribution in [3.63, 3.8) is 0 Å². The van der Waals surface area contributed by atoms with Crippen LogP contribution in [0.1, 0.15) is 55.0 Å². The number of rotatable bonds is 9. The molecule has 3 atom stereocenters. The first-order chi connectivity index (χ1) is 17.1. The Bertz CT molecular complexity index is 1240. The summed E-state index contributed by atoms with van der Waals surface area (Å²) < 4.78 is 5.41. The highest BCUT2D eigenvalue weighted by atomic mass is 35.5. The Kier molecular flexibility index (Phi) is 8.87. The van der Waals surface area contributed by atoms with Gasteiger partial charge in [-0.1, -0.05) is 66.2 Å². The standard InChI is InChI=1S/C29H29ClN2O4/c1-19(32-28(35)29(2,3)36-27(34)26(33)22-9-5-4-6-10-22)25(17-20-12-14-24(30)15-13-20)23-11-7-8-21(16-23)18-31/h4-16,19,25-26,33H,17H2,1-3H3,(H,32,35)/t19-,25+,26-/m0/s1. The van der Waals surface area contributed by atoms with E-state index in [9.17, 15) is 20.0 Å². The number of hydrogen-bond donors (Lipinski definition) is 2. The molecule has 0 aliphatic rings. The molecule has 0 saturated heterocycles. The molecule has 7 heteroatoms. The Balaban J connectivity index is 1.77. The highest BCUT2D eigenvalue weighted by Gasteiger charge is 2.36. The zero-order chi connectivity index (χ0) is 26.3. The summed E-state index contributed by atoms with van der Waals surface area (Å²) >= 11 is 6.04. The smallest absolute Gasteiger partial charge is 0.340 e. The number of hydrogen-bond acceptors (Lipinski definition) is 5. The van der Waals surface area contributed by atoms with Crippen molar-refractivity contribution in [1.82, 2.24) is 5.32 Å². The third-order valence-electron chi connectivity index (χ3n) is 6.02. The van der Waals surface area contributed by atoms with E-state index in [1.165, 1.54) is 13.8 Å². The van der Waals surface area contributed by atoms with Crippen molar-refractivity contribution in [2.75, 3.05) is 0 Å². The second-order valence-electron chi connectivity index (χ2n) is 9.18. The van der Waals surface area contributed by atoms with Gasteiger partial charge in [0.2, 0.25) is 0 Å². The number of halogens is 1. The summed E-state index contributed by atoms with van der Waals surface area (Å²) in [5, 5.41) is 23.3. The molecule has 0 radical (unpaired) electrons. The minimum atomic E-state index is -1.53. The SMILES string of the molecule is C[C@H](NC(=O)C(C)(C)OC(=O)[C@@H](O)c1ccccc1)[C@@H](Cc1ccc(Cl)cc1)c1cccc(C#N)c1. The van der Waals surface area contributed by atoms with Crippen LogP contribution >= 0.6 is 11.6 Å². The first kappa shape index (κ1) is 26.9. The molecule has 0 bridgehead atoms. The maximum Gasteiger partial charge on any atom is 0.340 e. The molecule has 0 aliphatic carbocycles. The molecular formula is C29H29ClN2O4. The van der Waals surface area contributed by atoms with Gasteiger partial charge >= 0.3 is 5.97 Å². The van der Waals surface area contributed by atoms with Crippen LogP contribution in [0.2, 0.25) is 5.02 Å². The largest absolute Gasteiger partial charge is 0.447 e. The van der Waals surface area contributed by atoms with Crippen molar-refractivity contribution in [3.8, 4) is 6.07 Å². The molecule has 2 N–H and O–H groups in total. The van der Waals surface area contributed by atoms with E-state index < -0.39 is 23.6 Å². The summed E-state index contributed by atoms with van der Waals surface area (Å²) in [5.41, 5.74) is 1.29. The lowest BCUT2D eigenvalue weighted by atomic mass is 9.85. The normalized spacial score (nSPS) is 13.7. The van der Waals surface area contributed by atoms with Crippen molar-refractivity contribution < 1.29 is 19.4 Å². The molecule has 6 nitrogen and oxygen atoms in total. The lowest BCUT2D eigenvalue weighted by Gasteiger charge is -2.31. The number of carbonyl (C=O) groups excluding carboxylic acids is 2. The van der Waals surface area contributed by atoms with E-state index in [0.717, 1.165) is 11.1 Å². The maximum absolute atomic E-state index is 13.2. The van der Waals surface area contributed by atoms with Crippen molar-refractivity contribution in [3.05, 3.63) is 106 Å². The number of aliphatic hydroxyl groups excluding tert-OH is 1. The molecule has 3 rings (SSSR count). The Hall–Kier alpha value is -3.66. The minimum absolute atomic E-state index is 0.176. The first-order valence-electron chi connectivity index (χ1n) is 11.6. The van der Waals surface area contributed by atoms with E-state index in [4.69, 9.17) is 16.3 Å². The van der Waals surface area contributed by atoms with Crippen LogP contribution in [0.25, 0.3) is 0 Å². The summed E-state index contributed by atoms with van der Waals surface area (Å²) in [7, 11) is 0. The second kappa shape index (κ2) is 11.9. The van der Waals surface area contributed by atoms with Crippen molar-refractivity contribution in [1.29, 1.82) is 5.26 Å². The van der Waals surface area contributed by atoms with E-state index >= 15 is 0 Å². The van der Waals surface area contributed by atoms with Gasteiger partial charge in [0.15, 0.2) is 11.7 Å². The molecule has 3 aromatic rings. The predicted octanol–water partition coefficient (Wildman–Crippen LogP) is 5.10. The number of ether oxygens (including phenoxy) is 1. The number of benzene rings is 3. The van der Waals surface area contributed by atoms with Gasteiger partial charge in [-0.3, -0.25) is 4.79 Å². The fourth-order valence-corrected chi connectivity index (χ4v) is 4.03. The Morgan fingerprint density at radius 3 is 2.31 bits per heavy atom. The van der Waals surface area contributed by atoms with Gasteiger partial charge in [0.25, 0.3) is 5.91 Å². The highest BCUT2D eigenvalue weighted by molar-refractivity contribution is 6.30. The second-order valence-corrected chi connectivity index (χ2v) is 9.62. The zero-order valence-corrected chi connectivity index (χ0v) is 21.2. The fourth-order valence-electron chi connectivity index (χ4n) is 3.90. The molecule has 186 valence electrons. The molecule has 0 saturated carbocycles. The van der Waals surface area contributed by atoms with E-state index in [-0.39, 0.29) is 12.0 Å². The van der Waals surface area contributed by atoms with E-state index in [1.807, 2.05) is 49.4 Å². The monoisotopic (exact) mass is 504 g/mol. The average molecular weight is 505 g/mol. The van der Waals surface area contributed by atoms with Crippen LogP contribution < -0.4 is 5.32 Å². The third kappa shape index (κ3) is 6.94. The van der Waals surface area contributed by atoms with Crippen molar-refractivity contribution >= 4 is 23.5 Å². The fraction of sp³-hybridized carbons (Fsp3) is 0.276. The van der Waals surface area contributed by atoms with Gasteiger partial charge in [-0.15, -0.1) is 0 Å². The number of nitriles is 1. The lowest BCUT2D eigenvalue weighted by molar-refractivity contribution is -0.173. The van der Waals surface area contributed by atoms with Gasteiger partial charge in [-0.2, -0.15) is 5.26 Å². The molecule has 0 heterocycles. The van der Waals surface area contributed by atoms with E-state index in [2.05, 4.69) is 11.4 Å². The van der Waals surface area contributed by atoms with E-state index in [1.54, 1.807) is 36.4 Å². The minimum Gasteiger partial charge on any atom is -0.447 e. The Labute approximate surface area is 216 Å². The maximum atomic E-state index is 13.2. The summed E-state index contributed by atoms with van der Waals surface area (Å²) in [5.74, 6) is -1.58. The summed E-state index contributed by atoms with van der Waals surface area (Å²) in [6.45, 7) is 4.83. The summed E-state index contributed by atoms with van der Waals surface area (Å²) in [6.07, 6.45) is -0.914. The first-order valence-corrected chi connectivity index (χ1v) is 12.0. The van der Waals surface area contributed by atoms with Gasteiger partial charge in [0.1, 0.15) is 0 Å². The molecule has 0 aromatic heterocycles. The van der Waals surface area contributed by atoms with Gasteiger partial charge < -0.3 is 15.2 Å². The van der Waals surface area contributed by atoms with Crippen LogP contribution in [0.3, 0.4) is 0 Å². The Morgan fingerprint density at radius 2 is 1.67 bits per heavy atom. The average Bonchev–Trinajstić information content (AvgIpc) is 2.88. The van der Waals surface area contributed by atoms with Crippen molar-refractivity contribution in [2.24, 2.45) is 0 Å². The number of nitrogens with one attached hydrogen (secondary N) is 1. The van der Waals surface area contributed by atoms with Gasteiger partial charge in [-0.05, 0) is 68.1 Å². The van der Waals surface area contributed by atoms with E-state index in [0.29, 0.717) is 22.6 Å². The van der Waals surface area contributed by atoms with Crippen LogP contribution in [0.15, 0.2) is 78.9 Å². The molecule has 0 spiro atoms.